The van der Waals surface area contributed by atoms with Crippen LogP contribution in [-0.4, -0.2) is 26.1 Å². The predicted molar refractivity (Wildman–Crippen MR) is 84.4 cm³/mol. The zero-order valence-corrected chi connectivity index (χ0v) is 11.8. The summed E-state index contributed by atoms with van der Waals surface area (Å²) in [4.78, 5) is 19.0. The molecule has 0 spiro atoms. The van der Waals surface area contributed by atoms with Gasteiger partial charge < -0.3 is 10.7 Å². The Labute approximate surface area is 125 Å². The third-order valence-electron chi connectivity index (χ3n) is 3.89. The van der Waals surface area contributed by atoms with Crippen LogP contribution in [0.4, 0.5) is 0 Å². The number of carbonyl (C=O) groups is 1. The zero-order chi connectivity index (χ0) is 15.3. The van der Waals surface area contributed by atoms with Crippen LogP contribution in [-0.2, 0) is 0 Å². The molecule has 1 aromatic carbocycles. The van der Waals surface area contributed by atoms with Gasteiger partial charge >= 0.3 is 0 Å². The van der Waals surface area contributed by atoms with Crippen molar-refractivity contribution in [1.82, 2.24) is 20.2 Å². The van der Waals surface area contributed by atoms with E-state index in [2.05, 4.69) is 33.2 Å². The van der Waals surface area contributed by atoms with E-state index in [1.165, 1.54) is 0 Å². The lowest BCUT2D eigenvalue weighted by molar-refractivity contribution is 0.0996. The van der Waals surface area contributed by atoms with Crippen molar-refractivity contribution in [2.45, 2.75) is 6.92 Å². The second kappa shape index (κ2) is 4.42. The smallest absolute Gasteiger partial charge is 0.267 e. The molecule has 1 amide bonds. The van der Waals surface area contributed by atoms with E-state index < -0.39 is 5.91 Å². The number of nitrogens with one attached hydrogen (secondary N) is 2. The SMILES string of the molecule is Cc1cccc2c(-c3cc(C(N)=O)nc4[nH]ncc34)c[nH]c12. The average Bonchev–Trinajstić information content (AvgIpc) is 3.13. The number of H-pyrrole nitrogens is 2. The van der Waals surface area contributed by atoms with Crippen molar-refractivity contribution < 1.29 is 4.79 Å². The number of nitrogens with zero attached hydrogens (tertiary/aromatic N) is 2. The van der Waals surface area contributed by atoms with Gasteiger partial charge in [-0.05, 0) is 24.1 Å². The summed E-state index contributed by atoms with van der Waals surface area (Å²) >= 11 is 0. The first-order valence-corrected chi connectivity index (χ1v) is 6.86. The van der Waals surface area contributed by atoms with Crippen LogP contribution in [0.15, 0.2) is 36.7 Å². The number of benzene rings is 1. The Morgan fingerprint density at radius 1 is 1.23 bits per heavy atom. The number of primary amides is 1. The first kappa shape index (κ1) is 12.6. The summed E-state index contributed by atoms with van der Waals surface area (Å²) in [5.74, 6) is -0.561. The lowest BCUT2D eigenvalue weighted by Crippen LogP contribution is -2.13. The van der Waals surface area contributed by atoms with Crippen LogP contribution in [0.1, 0.15) is 16.1 Å². The van der Waals surface area contributed by atoms with Gasteiger partial charge in [0.2, 0.25) is 0 Å². The van der Waals surface area contributed by atoms with Gasteiger partial charge in [0.25, 0.3) is 5.91 Å². The van der Waals surface area contributed by atoms with E-state index >= 15 is 0 Å². The molecular formula is C16H13N5O. The van der Waals surface area contributed by atoms with Crippen LogP contribution in [0.5, 0.6) is 0 Å². The number of aromatic nitrogens is 4. The van der Waals surface area contributed by atoms with E-state index in [0.29, 0.717) is 5.65 Å². The van der Waals surface area contributed by atoms with Gasteiger partial charge in [0, 0.05) is 28.0 Å². The van der Waals surface area contributed by atoms with Crippen molar-refractivity contribution >= 4 is 27.8 Å². The number of aryl methyl sites for hydroxylation is 1. The number of amides is 1. The molecule has 0 aliphatic carbocycles. The van der Waals surface area contributed by atoms with Crippen molar-refractivity contribution in [3.63, 3.8) is 0 Å². The number of hydrogen-bond donors (Lipinski definition) is 3. The summed E-state index contributed by atoms with van der Waals surface area (Å²) in [5.41, 5.74) is 10.3. The van der Waals surface area contributed by atoms with Crippen LogP contribution in [0.3, 0.4) is 0 Å². The van der Waals surface area contributed by atoms with Gasteiger partial charge in [0.1, 0.15) is 5.69 Å². The van der Waals surface area contributed by atoms with Crippen LogP contribution >= 0.6 is 0 Å². The van der Waals surface area contributed by atoms with Gasteiger partial charge in [-0.2, -0.15) is 5.10 Å². The van der Waals surface area contributed by atoms with Gasteiger partial charge in [-0.25, -0.2) is 4.98 Å². The lowest BCUT2D eigenvalue weighted by Gasteiger charge is -2.04. The molecule has 0 saturated carbocycles. The Balaban J connectivity index is 2.09. The quantitative estimate of drug-likeness (QED) is 0.529. The van der Waals surface area contributed by atoms with Gasteiger partial charge in [-0.1, -0.05) is 18.2 Å². The summed E-state index contributed by atoms with van der Waals surface area (Å²) in [6, 6.07) is 7.82. The predicted octanol–water partition coefficient (Wildman–Crippen LogP) is 2.51. The third-order valence-corrected chi connectivity index (χ3v) is 3.89. The molecule has 108 valence electrons. The number of rotatable bonds is 2. The number of fused-ring (bicyclic) bond motifs is 2. The fourth-order valence-electron chi connectivity index (χ4n) is 2.81. The van der Waals surface area contributed by atoms with Gasteiger partial charge in [-0.3, -0.25) is 9.89 Å². The van der Waals surface area contributed by atoms with E-state index in [1.54, 1.807) is 12.3 Å². The van der Waals surface area contributed by atoms with Crippen molar-refractivity contribution in [2.24, 2.45) is 5.73 Å². The molecule has 6 heteroatoms. The molecule has 0 aliphatic heterocycles. The van der Waals surface area contributed by atoms with Crippen molar-refractivity contribution in [1.29, 1.82) is 0 Å². The van der Waals surface area contributed by atoms with Crippen LogP contribution in [0, 0.1) is 6.92 Å². The first-order chi connectivity index (χ1) is 10.6. The molecule has 3 aromatic heterocycles. The maximum Gasteiger partial charge on any atom is 0.267 e. The Morgan fingerprint density at radius 2 is 2.09 bits per heavy atom. The Kier molecular flexibility index (Phi) is 2.53. The van der Waals surface area contributed by atoms with Gasteiger partial charge in [0.05, 0.1) is 6.20 Å². The van der Waals surface area contributed by atoms with Crippen LogP contribution in [0.2, 0.25) is 0 Å². The lowest BCUT2D eigenvalue weighted by atomic mass is 10.0. The van der Waals surface area contributed by atoms with E-state index in [9.17, 15) is 4.79 Å². The molecule has 6 nitrogen and oxygen atoms in total. The number of aromatic amines is 2. The topological polar surface area (TPSA) is 100 Å². The fraction of sp³-hybridized carbons (Fsp3) is 0.0625. The number of hydrogen-bond acceptors (Lipinski definition) is 3. The minimum atomic E-state index is -0.561. The standard InChI is InChI=1S/C16H13N5O/c1-8-3-2-4-9-11(6-18-14(8)9)10-5-13(15(17)22)20-16-12(10)7-19-21-16/h2-7,18H,1H3,(H2,17,22)(H,19,20,21). The molecule has 0 aliphatic rings. The second-order valence-electron chi connectivity index (χ2n) is 5.25. The monoisotopic (exact) mass is 291 g/mol. The van der Waals surface area contributed by atoms with Gasteiger partial charge in [-0.15, -0.1) is 0 Å². The average molecular weight is 291 g/mol. The van der Waals surface area contributed by atoms with E-state index in [0.717, 1.165) is 33.0 Å². The van der Waals surface area contributed by atoms with Crippen LogP contribution in [0.25, 0.3) is 33.1 Å². The van der Waals surface area contributed by atoms with Gasteiger partial charge in [0.15, 0.2) is 5.65 Å². The summed E-state index contributed by atoms with van der Waals surface area (Å²) in [5, 5.41) is 8.76. The maximum absolute atomic E-state index is 11.5. The highest BCUT2D eigenvalue weighted by Gasteiger charge is 2.15. The second-order valence-corrected chi connectivity index (χ2v) is 5.25. The molecule has 0 atom stereocenters. The number of carbonyl (C=O) groups excluding carboxylic acids is 1. The zero-order valence-electron chi connectivity index (χ0n) is 11.8. The van der Waals surface area contributed by atoms with Crippen LogP contribution < -0.4 is 5.73 Å². The highest BCUT2D eigenvalue weighted by atomic mass is 16.1. The highest BCUT2D eigenvalue weighted by molar-refractivity contribution is 6.06. The minimum Gasteiger partial charge on any atom is -0.364 e. The summed E-state index contributed by atoms with van der Waals surface area (Å²) in [6.07, 6.45) is 3.64. The van der Waals surface area contributed by atoms with Crippen molar-refractivity contribution in [3.05, 3.63) is 47.9 Å². The van der Waals surface area contributed by atoms with Crippen molar-refractivity contribution in [3.8, 4) is 11.1 Å². The largest absolute Gasteiger partial charge is 0.364 e. The Bertz CT molecular complexity index is 1030. The first-order valence-electron chi connectivity index (χ1n) is 6.86. The molecule has 0 fully saturated rings. The number of nitrogens with two attached hydrogens (primary N) is 1. The van der Waals surface area contributed by atoms with E-state index in [-0.39, 0.29) is 5.69 Å². The Hall–Kier alpha value is -3.15. The number of para-hydroxylation sites is 1. The minimum absolute atomic E-state index is 0.216. The molecule has 4 N–H and O–H groups in total. The van der Waals surface area contributed by atoms with Crippen molar-refractivity contribution in [2.75, 3.05) is 0 Å². The van der Waals surface area contributed by atoms with E-state index in [4.69, 9.17) is 5.73 Å². The molecule has 0 radical (unpaired) electrons. The molecule has 22 heavy (non-hydrogen) atoms. The molecule has 0 saturated heterocycles. The normalized spacial score (nSPS) is 11.3. The fourth-order valence-corrected chi connectivity index (χ4v) is 2.81. The molecule has 3 heterocycles. The summed E-state index contributed by atoms with van der Waals surface area (Å²) in [6.45, 7) is 2.05. The molecule has 4 rings (SSSR count). The molecule has 0 bridgehead atoms. The Morgan fingerprint density at radius 3 is 2.91 bits per heavy atom. The molecule has 4 aromatic rings. The maximum atomic E-state index is 11.5. The third kappa shape index (κ3) is 1.70. The molecule has 0 unspecified atom stereocenters. The molecular weight excluding hydrogens is 278 g/mol. The number of pyridine rings is 1. The summed E-state index contributed by atoms with van der Waals surface area (Å²) < 4.78 is 0. The summed E-state index contributed by atoms with van der Waals surface area (Å²) in [7, 11) is 0. The highest BCUT2D eigenvalue weighted by Crippen LogP contribution is 2.34. The van der Waals surface area contributed by atoms with E-state index in [1.807, 2.05) is 18.3 Å².